The molecule has 2 rings (SSSR count). The van der Waals surface area contributed by atoms with E-state index >= 15 is 0 Å². The zero-order valence-corrected chi connectivity index (χ0v) is 32.8. The molecule has 8 nitrogen and oxygen atoms in total. The van der Waals surface area contributed by atoms with Crippen LogP contribution in [0.15, 0.2) is 24.4 Å². The molecule has 3 amide bonds. The van der Waals surface area contributed by atoms with Gasteiger partial charge in [-0.15, -0.1) is 0 Å². The Labute approximate surface area is 309 Å². The fourth-order valence-electron chi connectivity index (χ4n) is 6.64. The van der Waals surface area contributed by atoms with Crippen LogP contribution in [-0.4, -0.2) is 42.2 Å². The van der Waals surface area contributed by atoms with Crippen molar-refractivity contribution in [2.24, 2.45) is 5.92 Å². The van der Waals surface area contributed by atoms with Crippen molar-refractivity contribution in [3.05, 3.63) is 30.1 Å². The molecule has 9 heteroatoms. The van der Waals surface area contributed by atoms with E-state index in [1.54, 1.807) is 0 Å². The average molecular weight is 786 g/mol. The number of hydrogen-bond acceptors (Lipinski definition) is 5. The molecule has 1 N–H and O–H groups in total. The van der Waals surface area contributed by atoms with Crippen molar-refractivity contribution < 1.29 is 52.4 Å². The predicted molar refractivity (Wildman–Crippen MR) is 189 cm³/mol. The van der Waals surface area contributed by atoms with Crippen molar-refractivity contribution in [1.82, 2.24) is 10.2 Å². The van der Waals surface area contributed by atoms with Crippen LogP contribution in [0.3, 0.4) is 0 Å². The number of nitrogens with one attached hydrogen (secondary N) is 1. The molecular weight excluding hydrogens is 717 g/mol. The first kappa shape index (κ1) is 44.1. The zero-order chi connectivity index (χ0) is 34.0. The van der Waals surface area contributed by atoms with Gasteiger partial charge in [0.15, 0.2) is 6.20 Å². The van der Waals surface area contributed by atoms with E-state index in [-0.39, 0.29) is 49.0 Å². The van der Waals surface area contributed by atoms with Gasteiger partial charge in [-0.05, 0) is 32.1 Å². The Bertz CT molecular complexity index is 986. The van der Waals surface area contributed by atoms with Crippen molar-refractivity contribution in [2.45, 2.75) is 181 Å². The highest BCUT2D eigenvalue weighted by Crippen LogP contribution is 2.28. The topological polar surface area (TPSA) is 88.8 Å². The van der Waals surface area contributed by atoms with Gasteiger partial charge in [-0.3, -0.25) is 4.79 Å². The van der Waals surface area contributed by atoms with E-state index in [4.69, 9.17) is 9.47 Å². The average Bonchev–Trinajstić information content (AvgIpc) is 3.36. The van der Waals surface area contributed by atoms with Gasteiger partial charge in [0.25, 0.3) is 0 Å². The number of ether oxygens (including phenoxy) is 2. The number of amides is 3. The summed E-state index contributed by atoms with van der Waals surface area (Å²) in [6.07, 6.45) is 27.5. The number of aromatic nitrogens is 1. The first-order valence-corrected chi connectivity index (χ1v) is 19.3. The highest BCUT2D eigenvalue weighted by molar-refractivity contribution is 5.90. The maximum Gasteiger partial charge on any atom is 0.417 e. The summed E-state index contributed by atoms with van der Waals surface area (Å²) in [5.41, 5.74) is 0.845. The number of halogens is 1. The SMILES string of the molecule is CCCCCCCCCCCCCCCCCCNC(=O)OCC(OC(=O)N(Cc1cccc[n+]1CC)C(C)=O)C1CCCCCC1.[I-]. The van der Waals surface area contributed by atoms with Crippen molar-refractivity contribution >= 4 is 18.1 Å². The molecule has 0 bridgehead atoms. The van der Waals surface area contributed by atoms with E-state index in [1.165, 1.54) is 96.8 Å². The van der Waals surface area contributed by atoms with Crippen LogP contribution in [0.2, 0.25) is 0 Å². The van der Waals surface area contributed by atoms with Crippen LogP contribution in [0.1, 0.15) is 168 Å². The Morgan fingerprint density at radius 1 is 0.812 bits per heavy atom. The third-order valence-electron chi connectivity index (χ3n) is 9.65. The maximum atomic E-state index is 13.3. The minimum Gasteiger partial charge on any atom is -1.00 e. The molecule has 1 atom stereocenters. The summed E-state index contributed by atoms with van der Waals surface area (Å²) < 4.78 is 13.5. The quantitative estimate of drug-likeness (QED) is 0.0539. The molecule has 0 spiro atoms. The molecule has 1 unspecified atom stereocenters. The molecule has 0 aliphatic heterocycles. The van der Waals surface area contributed by atoms with Crippen molar-refractivity contribution in [2.75, 3.05) is 13.2 Å². The van der Waals surface area contributed by atoms with E-state index in [2.05, 4.69) is 12.2 Å². The summed E-state index contributed by atoms with van der Waals surface area (Å²) in [4.78, 5) is 39.6. The minimum atomic E-state index is -0.685. The van der Waals surface area contributed by atoms with Crippen LogP contribution in [0.25, 0.3) is 0 Å². The summed E-state index contributed by atoms with van der Waals surface area (Å²) in [7, 11) is 0. The Kier molecular flexibility index (Phi) is 26.5. The minimum absolute atomic E-state index is 0. The highest BCUT2D eigenvalue weighted by Gasteiger charge is 2.32. The number of alkyl carbamates (subject to hydrolysis) is 1. The fraction of sp³-hybridized carbons (Fsp3) is 0.795. The molecule has 276 valence electrons. The number of rotatable bonds is 24. The molecule has 1 fully saturated rings. The van der Waals surface area contributed by atoms with Gasteiger partial charge < -0.3 is 38.8 Å². The summed E-state index contributed by atoms with van der Waals surface area (Å²) in [6, 6.07) is 5.72. The Morgan fingerprint density at radius 2 is 1.35 bits per heavy atom. The second-order valence-corrected chi connectivity index (χ2v) is 13.6. The van der Waals surface area contributed by atoms with Gasteiger partial charge in [0, 0.05) is 25.6 Å². The lowest BCUT2D eigenvalue weighted by Gasteiger charge is -2.28. The number of carbonyl (C=O) groups is 3. The van der Waals surface area contributed by atoms with Crippen LogP contribution in [-0.2, 0) is 27.4 Å². The van der Waals surface area contributed by atoms with Crippen molar-refractivity contribution in [3.8, 4) is 0 Å². The van der Waals surface area contributed by atoms with Gasteiger partial charge in [0.2, 0.25) is 11.6 Å². The van der Waals surface area contributed by atoms with Crippen molar-refractivity contribution in [1.29, 1.82) is 0 Å². The van der Waals surface area contributed by atoms with Gasteiger partial charge in [-0.2, -0.15) is 0 Å². The summed E-state index contributed by atoms with van der Waals surface area (Å²) >= 11 is 0. The molecule has 0 saturated heterocycles. The van der Waals surface area contributed by atoms with E-state index < -0.39 is 18.3 Å². The molecule has 1 aliphatic rings. The predicted octanol–water partition coefficient (Wildman–Crippen LogP) is 6.81. The molecule has 1 heterocycles. The molecule has 1 aromatic rings. The van der Waals surface area contributed by atoms with Crippen LogP contribution in [0.4, 0.5) is 9.59 Å². The summed E-state index contributed by atoms with van der Waals surface area (Å²) in [5, 5.41) is 2.87. The lowest BCUT2D eigenvalue weighted by Crippen LogP contribution is -3.00. The molecular formula is C39H68IN3O5. The largest absolute Gasteiger partial charge is 1.00 e. The summed E-state index contributed by atoms with van der Waals surface area (Å²) in [5.74, 6) is -0.278. The third-order valence-corrected chi connectivity index (χ3v) is 9.65. The Balaban J connectivity index is 0.0000115. The number of pyridine rings is 1. The van der Waals surface area contributed by atoms with Crippen LogP contribution in [0, 0.1) is 5.92 Å². The normalized spacial score (nSPS) is 14.0. The number of aryl methyl sites for hydroxylation is 1. The van der Waals surface area contributed by atoms with Crippen LogP contribution >= 0.6 is 0 Å². The first-order valence-electron chi connectivity index (χ1n) is 19.3. The third kappa shape index (κ3) is 19.9. The van der Waals surface area contributed by atoms with Crippen molar-refractivity contribution in [3.63, 3.8) is 0 Å². The van der Waals surface area contributed by atoms with E-state index in [0.717, 1.165) is 68.5 Å². The number of carbonyl (C=O) groups excluding carboxylic acids is 3. The van der Waals surface area contributed by atoms with Crippen LogP contribution < -0.4 is 33.9 Å². The molecule has 0 radical (unpaired) electrons. The Hall–Kier alpha value is -1.91. The lowest BCUT2D eigenvalue weighted by atomic mass is 9.94. The summed E-state index contributed by atoms with van der Waals surface area (Å²) in [6.45, 7) is 7.10. The molecule has 1 saturated carbocycles. The maximum absolute atomic E-state index is 13.3. The van der Waals surface area contributed by atoms with E-state index in [0.29, 0.717) is 6.54 Å². The van der Waals surface area contributed by atoms with Gasteiger partial charge in [0.05, 0.1) is 0 Å². The lowest BCUT2D eigenvalue weighted by molar-refractivity contribution is -0.701. The van der Waals surface area contributed by atoms with Crippen LogP contribution in [0.5, 0.6) is 0 Å². The molecule has 0 aromatic carbocycles. The monoisotopic (exact) mass is 785 g/mol. The molecule has 48 heavy (non-hydrogen) atoms. The highest BCUT2D eigenvalue weighted by atomic mass is 127. The first-order chi connectivity index (χ1) is 23.0. The number of imide groups is 1. The number of nitrogens with zero attached hydrogens (tertiary/aromatic N) is 2. The number of hydrogen-bond donors (Lipinski definition) is 1. The zero-order valence-electron chi connectivity index (χ0n) is 30.7. The van der Waals surface area contributed by atoms with Gasteiger partial charge in [0.1, 0.15) is 25.8 Å². The smallest absolute Gasteiger partial charge is 0.417 e. The Morgan fingerprint density at radius 3 is 1.88 bits per heavy atom. The van der Waals surface area contributed by atoms with Gasteiger partial charge >= 0.3 is 12.2 Å². The standard InChI is InChI=1S/C39H67N3O5.HI/c1-4-6-7-8-9-10-11-12-13-14-15-16-17-18-21-25-30-40-38(44)46-33-37(35-27-22-19-20-23-28-35)47-39(45)42(34(3)43)32-36-29-24-26-31-41(36)5-2;/h24,26,29,31,35,37H,4-23,25,27-28,30,32-33H2,1-3H3;1H. The van der Waals surface area contributed by atoms with Gasteiger partial charge in [-0.1, -0.05) is 135 Å². The fourth-order valence-corrected chi connectivity index (χ4v) is 6.64. The van der Waals surface area contributed by atoms with E-state index in [9.17, 15) is 14.4 Å². The van der Waals surface area contributed by atoms with Gasteiger partial charge in [-0.25, -0.2) is 19.1 Å². The number of unbranched alkanes of at least 4 members (excludes halogenated alkanes) is 15. The molecule has 1 aliphatic carbocycles. The second-order valence-electron chi connectivity index (χ2n) is 13.6. The second kappa shape index (κ2) is 28.9. The molecule has 1 aromatic heterocycles. The van der Waals surface area contributed by atoms with E-state index in [1.807, 2.05) is 35.9 Å².